The van der Waals surface area contributed by atoms with Gasteiger partial charge >= 0.3 is 0 Å². The average Bonchev–Trinajstić information content (AvgIpc) is 2.65. The molecule has 0 radical (unpaired) electrons. The van der Waals surface area contributed by atoms with Crippen molar-refractivity contribution in [2.75, 3.05) is 7.11 Å². The monoisotopic (exact) mass is 320 g/mol. The van der Waals surface area contributed by atoms with Crippen LogP contribution < -0.4 is 10.1 Å². The van der Waals surface area contributed by atoms with E-state index in [2.05, 4.69) is 10.3 Å². The number of rotatable bonds is 5. The maximum atomic E-state index is 12.6. The van der Waals surface area contributed by atoms with Gasteiger partial charge in [-0.25, -0.2) is 4.98 Å². The first-order valence-corrected chi connectivity index (χ1v) is 8.02. The Labute approximate surface area is 141 Å². The summed E-state index contributed by atoms with van der Waals surface area (Å²) >= 11 is 0. The third-order valence-corrected chi connectivity index (χ3v) is 4.06. The number of hydrogen-bond acceptors (Lipinski definition) is 3. The molecule has 24 heavy (non-hydrogen) atoms. The van der Waals surface area contributed by atoms with Gasteiger partial charge in [0.2, 0.25) is 0 Å². The zero-order valence-corrected chi connectivity index (χ0v) is 13.8. The Bertz CT molecular complexity index is 844. The molecule has 0 bridgehead atoms. The van der Waals surface area contributed by atoms with Crippen molar-refractivity contribution in [2.24, 2.45) is 0 Å². The number of para-hydroxylation sites is 1. The highest BCUT2D eigenvalue weighted by molar-refractivity contribution is 5.95. The Hall–Kier alpha value is -2.88. The van der Waals surface area contributed by atoms with E-state index in [4.69, 9.17) is 4.74 Å². The summed E-state index contributed by atoms with van der Waals surface area (Å²) in [6.45, 7) is 2.04. The van der Waals surface area contributed by atoms with Crippen molar-refractivity contribution in [2.45, 2.75) is 19.4 Å². The molecule has 0 aliphatic rings. The fourth-order valence-electron chi connectivity index (χ4n) is 2.68. The van der Waals surface area contributed by atoms with E-state index in [1.54, 1.807) is 13.2 Å². The maximum Gasteiger partial charge on any atom is 0.270 e. The molecular weight excluding hydrogens is 300 g/mol. The molecule has 0 aliphatic heterocycles. The first-order chi connectivity index (χ1) is 11.7. The number of amides is 1. The third-order valence-electron chi connectivity index (χ3n) is 4.06. The summed E-state index contributed by atoms with van der Waals surface area (Å²) in [5.41, 5.74) is 2.30. The normalized spacial score (nSPS) is 11.9. The number of nitrogens with zero attached hydrogens (tertiary/aromatic N) is 1. The smallest absolute Gasteiger partial charge is 0.270 e. The van der Waals surface area contributed by atoms with Crippen molar-refractivity contribution in [3.63, 3.8) is 0 Å². The predicted molar refractivity (Wildman–Crippen MR) is 95.2 cm³/mol. The number of benzene rings is 2. The number of ether oxygens (including phenoxy) is 1. The van der Waals surface area contributed by atoms with Gasteiger partial charge in [-0.05, 0) is 36.2 Å². The van der Waals surface area contributed by atoms with Crippen LogP contribution in [0, 0.1) is 0 Å². The van der Waals surface area contributed by atoms with E-state index in [-0.39, 0.29) is 11.9 Å². The van der Waals surface area contributed by atoms with Crippen LogP contribution in [-0.2, 0) is 0 Å². The summed E-state index contributed by atoms with van der Waals surface area (Å²) in [6, 6.07) is 19.1. The van der Waals surface area contributed by atoms with Gasteiger partial charge in [-0.3, -0.25) is 4.79 Å². The van der Waals surface area contributed by atoms with Crippen molar-refractivity contribution in [1.29, 1.82) is 0 Å². The summed E-state index contributed by atoms with van der Waals surface area (Å²) in [7, 11) is 1.64. The number of hydrogen-bond donors (Lipinski definition) is 1. The standard InChI is InChI=1S/C20H20N2O2/c1-3-17(15-8-11-16(24-2)12-9-15)22-20(23)19-13-10-14-6-4-5-7-18(14)21-19/h4-13,17H,3H2,1-2H3,(H,22,23). The van der Waals surface area contributed by atoms with Crippen molar-refractivity contribution >= 4 is 16.8 Å². The van der Waals surface area contributed by atoms with Crippen LogP contribution in [-0.4, -0.2) is 18.0 Å². The number of carbonyl (C=O) groups excluding carboxylic acids is 1. The van der Waals surface area contributed by atoms with Crippen LogP contribution >= 0.6 is 0 Å². The number of fused-ring (bicyclic) bond motifs is 1. The lowest BCUT2D eigenvalue weighted by atomic mass is 10.0. The van der Waals surface area contributed by atoms with Crippen LogP contribution in [0.25, 0.3) is 10.9 Å². The summed E-state index contributed by atoms with van der Waals surface area (Å²) in [4.78, 5) is 17.0. The van der Waals surface area contributed by atoms with E-state index >= 15 is 0 Å². The van der Waals surface area contributed by atoms with Gasteiger partial charge in [0.05, 0.1) is 18.7 Å². The topological polar surface area (TPSA) is 51.2 Å². The number of aromatic nitrogens is 1. The Kier molecular flexibility index (Phi) is 4.75. The molecule has 1 aromatic heterocycles. The SMILES string of the molecule is CCC(NC(=O)c1ccc2ccccc2n1)c1ccc(OC)cc1. The highest BCUT2D eigenvalue weighted by Gasteiger charge is 2.15. The number of methoxy groups -OCH3 is 1. The van der Waals surface area contributed by atoms with Gasteiger partial charge in [-0.1, -0.05) is 43.3 Å². The van der Waals surface area contributed by atoms with Gasteiger partial charge in [0.25, 0.3) is 5.91 Å². The quantitative estimate of drug-likeness (QED) is 0.769. The lowest BCUT2D eigenvalue weighted by molar-refractivity contribution is 0.0931. The lowest BCUT2D eigenvalue weighted by Gasteiger charge is -2.17. The molecule has 0 fully saturated rings. The third kappa shape index (κ3) is 3.38. The van der Waals surface area contributed by atoms with Crippen molar-refractivity contribution < 1.29 is 9.53 Å². The van der Waals surface area contributed by atoms with Gasteiger partial charge in [-0.2, -0.15) is 0 Å². The maximum absolute atomic E-state index is 12.6. The highest BCUT2D eigenvalue weighted by Crippen LogP contribution is 2.21. The molecule has 0 saturated carbocycles. The molecule has 1 atom stereocenters. The Morgan fingerprint density at radius 2 is 1.83 bits per heavy atom. The predicted octanol–water partition coefficient (Wildman–Crippen LogP) is 4.12. The van der Waals surface area contributed by atoms with Crippen LogP contribution in [0.3, 0.4) is 0 Å². The van der Waals surface area contributed by atoms with Crippen molar-refractivity contribution in [3.8, 4) is 5.75 Å². The van der Waals surface area contributed by atoms with Gasteiger partial charge in [-0.15, -0.1) is 0 Å². The molecule has 4 nitrogen and oxygen atoms in total. The average molecular weight is 320 g/mol. The Morgan fingerprint density at radius 3 is 2.54 bits per heavy atom. The van der Waals surface area contributed by atoms with Gasteiger partial charge in [0.15, 0.2) is 0 Å². The van der Waals surface area contributed by atoms with Crippen LogP contribution in [0.2, 0.25) is 0 Å². The molecule has 2 aromatic carbocycles. The van der Waals surface area contributed by atoms with E-state index in [0.29, 0.717) is 5.69 Å². The van der Waals surface area contributed by atoms with Crippen molar-refractivity contribution in [1.82, 2.24) is 10.3 Å². The zero-order valence-electron chi connectivity index (χ0n) is 13.8. The molecule has 3 aromatic rings. The molecule has 0 aliphatic carbocycles. The molecular formula is C20H20N2O2. The molecule has 1 amide bonds. The fourth-order valence-corrected chi connectivity index (χ4v) is 2.68. The van der Waals surface area contributed by atoms with Crippen molar-refractivity contribution in [3.05, 3.63) is 71.9 Å². The molecule has 1 heterocycles. The Balaban J connectivity index is 1.79. The van der Waals surface area contributed by atoms with Crippen LogP contribution in [0.15, 0.2) is 60.7 Å². The first kappa shape index (κ1) is 16.0. The second kappa shape index (κ2) is 7.13. The van der Waals surface area contributed by atoms with Gasteiger partial charge < -0.3 is 10.1 Å². The van der Waals surface area contributed by atoms with E-state index in [0.717, 1.165) is 28.6 Å². The largest absolute Gasteiger partial charge is 0.497 e. The summed E-state index contributed by atoms with van der Waals surface area (Å²) in [5, 5.41) is 4.08. The Morgan fingerprint density at radius 1 is 1.08 bits per heavy atom. The molecule has 122 valence electrons. The number of nitrogens with one attached hydrogen (secondary N) is 1. The lowest BCUT2D eigenvalue weighted by Crippen LogP contribution is -2.28. The highest BCUT2D eigenvalue weighted by atomic mass is 16.5. The van der Waals surface area contributed by atoms with E-state index < -0.39 is 0 Å². The molecule has 0 spiro atoms. The van der Waals surface area contributed by atoms with Gasteiger partial charge in [0, 0.05) is 5.39 Å². The minimum absolute atomic E-state index is 0.0586. The molecule has 3 rings (SSSR count). The van der Waals surface area contributed by atoms with E-state index in [9.17, 15) is 4.79 Å². The molecule has 0 saturated heterocycles. The number of carbonyl (C=O) groups is 1. The molecule has 1 unspecified atom stereocenters. The summed E-state index contributed by atoms with van der Waals surface area (Å²) in [6.07, 6.45) is 0.797. The number of pyridine rings is 1. The van der Waals surface area contributed by atoms with E-state index in [1.807, 2.05) is 61.5 Å². The second-order valence-corrected chi connectivity index (χ2v) is 5.60. The fraction of sp³-hybridized carbons (Fsp3) is 0.200. The summed E-state index contributed by atoms with van der Waals surface area (Å²) in [5.74, 6) is 0.638. The van der Waals surface area contributed by atoms with E-state index in [1.165, 1.54) is 0 Å². The minimum Gasteiger partial charge on any atom is -0.497 e. The minimum atomic E-state index is -0.163. The molecule has 4 heteroatoms. The van der Waals surface area contributed by atoms with Crippen LogP contribution in [0.1, 0.15) is 35.4 Å². The summed E-state index contributed by atoms with van der Waals surface area (Å²) < 4.78 is 5.18. The second-order valence-electron chi connectivity index (χ2n) is 5.60. The zero-order chi connectivity index (χ0) is 16.9. The van der Waals surface area contributed by atoms with Gasteiger partial charge in [0.1, 0.15) is 11.4 Å². The van der Waals surface area contributed by atoms with Crippen LogP contribution in [0.5, 0.6) is 5.75 Å². The van der Waals surface area contributed by atoms with Crippen LogP contribution in [0.4, 0.5) is 0 Å². The molecule has 1 N–H and O–H groups in total. The first-order valence-electron chi connectivity index (χ1n) is 8.02.